The van der Waals surface area contributed by atoms with Gasteiger partial charge in [0.1, 0.15) is 11.4 Å². The highest BCUT2D eigenvalue weighted by Gasteiger charge is 2.47. The zero-order chi connectivity index (χ0) is 11.8. The molecule has 1 aliphatic carbocycles. The van der Waals surface area contributed by atoms with Crippen molar-refractivity contribution >= 4 is 11.6 Å². The largest absolute Gasteiger partial charge is 0.371 e. The van der Waals surface area contributed by atoms with Gasteiger partial charge in [-0.3, -0.25) is 4.79 Å². The molecule has 0 saturated heterocycles. The standard InChI is InChI=1S/C12H15FN2O/c1-8-6-12(7-8,11(14)16)15-10-4-2-3-9(13)5-10/h2-5,8,15H,6-7H2,1H3,(H2,14,16). The third-order valence-corrected chi connectivity index (χ3v) is 3.07. The number of carbonyl (C=O) groups excluding carboxylic acids is 1. The Morgan fingerprint density at radius 2 is 2.25 bits per heavy atom. The first-order valence-electron chi connectivity index (χ1n) is 5.35. The normalized spacial score (nSPS) is 28.2. The average molecular weight is 222 g/mol. The lowest BCUT2D eigenvalue weighted by Crippen LogP contribution is -2.58. The predicted octanol–water partition coefficient (Wildman–Crippen LogP) is 1.89. The van der Waals surface area contributed by atoms with E-state index in [0.29, 0.717) is 24.4 Å². The van der Waals surface area contributed by atoms with Gasteiger partial charge in [-0.2, -0.15) is 0 Å². The number of anilines is 1. The van der Waals surface area contributed by atoms with Crippen LogP contribution in [0, 0.1) is 11.7 Å². The number of nitrogens with one attached hydrogen (secondary N) is 1. The van der Waals surface area contributed by atoms with Gasteiger partial charge in [0.05, 0.1) is 0 Å². The quantitative estimate of drug-likeness (QED) is 0.820. The van der Waals surface area contributed by atoms with Gasteiger partial charge in [-0.15, -0.1) is 0 Å². The number of benzene rings is 1. The van der Waals surface area contributed by atoms with Crippen LogP contribution in [0.5, 0.6) is 0 Å². The molecule has 0 heterocycles. The topological polar surface area (TPSA) is 55.1 Å². The van der Waals surface area contributed by atoms with Crippen LogP contribution in [-0.2, 0) is 4.79 Å². The van der Waals surface area contributed by atoms with Crippen molar-refractivity contribution in [3.63, 3.8) is 0 Å². The van der Waals surface area contributed by atoms with Crippen molar-refractivity contribution in [2.45, 2.75) is 25.3 Å². The summed E-state index contributed by atoms with van der Waals surface area (Å²) in [5, 5.41) is 3.05. The number of primary amides is 1. The Morgan fingerprint density at radius 3 is 2.75 bits per heavy atom. The summed E-state index contributed by atoms with van der Waals surface area (Å²) in [5.41, 5.74) is 5.30. The number of rotatable bonds is 3. The highest BCUT2D eigenvalue weighted by molar-refractivity contribution is 5.89. The molecule has 0 spiro atoms. The van der Waals surface area contributed by atoms with Crippen LogP contribution in [0.4, 0.5) is 10.1 Å². The van der Waals surface area contributed by atoms with Crippen molar-refractivity contribution in [2.75, 3.05) is 5.32 Å². The Labute approximate surface area is 93.8 Å². The first-order chi connectivity index (χ1) is 7.52. The molecule has 16 heavy (non-hydrogen) atoms. The summed E-state index contributed by atoms with van der Waals surface area (Å²) in [7, 11) is 0. The van der Waals surface area contributed by atoms with Crippen LogP contribution >= 0.6 is 0 Å². The molecule has 1 aliphatic rings. The fraction of sp³-hybridized carbons (Fsp3) is 0.417. The van der Waals surface area contributed by atoms with Crippen molar-refractivity contribution < 1.29 is 9.18 Å². The molecule has 1 amide bonds. The van der Waals surface area contributed by atoms with Gasteiger partial charge in [-0.25, -0.2) is 4.39 Å². The Balaban J connectivity index is 2.16. The van der Waals surface area contributed by atoms with Crippen LogP contribution < -0.4 is 11.1 Å². The molecule has 0 atom stereocenters. The molecule has 0 aromatic heterocycles. The minimum absolute atomic E-state index is 0.322. The van der Waals surface area contributed by atoms with Crippen LogP contribution in [0.25, 0.3) is 0 Å². The molecule has 0 unspecified atom stereocenters. The van der Waals surface area contributed by atoms with Gasteiger partial charge in [0.25, 0.3) is 0 Å². The summed E-state index contributed by atoms with van der Waals surface area (Å²) in [6, 6.07) is 6.07. The van der Waals surface area contributed by atoms with Gasteiger partial charge < -0.3 is 11.1 Å². The zero-order valence-electron chi connectivity index (χ0n) is 9.16. The van der Waals surface area contributed by atoms with Gasteiger partial charge >= 0.3 is 0 Å². The summed E-state index contributed by atoms with van der Waals surface area (Å²) >= 11 is 0. The first kappa shape index (κ1) is 10.9. The third kappa shape index (κ3) is 1.87. The van der Waals surface area contributed by atoms with Crippen LogP contribution in [0.3, 0.4) is 0 Å². The molecule has 1 aromatic rings. The third-order valence-electron chi connectivity index (χ3n) is 3.07. The van der Waals surface area contributed by atoms with Crippen molar-refractivity contribution in [1.82, 2.24) is 0 Å². The molecular weight excluding hydrogens is 207 g/mol. The van der Waals surface area contributed by atoms with Crippen molar-refractivity contribution in [3.8, 4) is 0 Å². The van der Waals surface area contributed by atoms with Crippen LogP contribution in [0.15, 0.2) is 24.3 Å². The van der Waals surface area contributed by atoms with Gasteiger partial charge in [0.2, 0.25) is 5.91 Å². The van der Waals surface area contributed by atoms with E-state index in [4.69, 9.17) is 5.73 Å². The van der Waals surface area contributed by atoms with E-state index >= 15 is 0 Å². The lowest BCUT2D eigenvalue weighted by Gasteiger charge is -2.45. The first-order valence-corrected chi connectivity index (χ1v) is 5.35. The maximum absolute atomic E-state index is 13.0. The second-order valence-corrected chi connectivity index (χ2v) is 4.60. The summed E-state index contributed by atoms with van der Waals surface area (Å²) in [5.74, 6) is -0.208. The van der Waals surface area contributed by atoms with E-state index < -0.39 is 5.54 Å². The lowest BCUT2D eigenvalue weighted by molar-refractivity contribution is -0.126. The Hall–Kier alpha value is -1.58. The molecule has 1 fully saturated rings. The van der Waals surface area contributed by atoms with E-state index in [9.17, 15) is 9.18 Å². The maximum atomic E-state index is 13.0. The van der Waals surface area contributed by atoms with E-state index in [-0.39, 0.29) is 11.7 Å². The number of halogens is 1. The number of hydrogen-bond donors (Lipinski definition) is 2. The zero-order valence-corrected chi connectivity index (χ0v) is 9.16. The molecule has 1 aromatic carbocycles. The molecule has 1 saturated carbocycles. The van der Waals surface area contributed by atoms with Crippen LogP contribution in [0.2, 0.25) is 0 Å². The highest BCUT2D eigenvalue weighted by atomic mass is 19.1. The minimum Gasteiger partial charge on any atom is -0.371 e. The molecule has 4 heteroatoms. The maximum Gasteiger partial charge on any atom is 0.243 e. The Kier molecular flexibility index (Phi) is 2.58. The van der Waals surface area contributed by atoms with Gasteiger partial charge in [-0.05, 0) is 37.0 Å². The van der Waals surface area contributed by atoms with E-state index in [0.717, 1.165) is 0 Å². The minimum atomic E-state index is -0.687. The number of carbonyl (C=O) groups is 1. The monoisotopic (exact) mass is 222 g/mol. The molecular formula is C12H15FN2O. The summed E-state index contributed by atoms with van der Waals surface area (Å²) < 4.78 is 13.0. The van der Waals surface area contributed by atoms with Crippen molar-refractivity contribution in [2.24, 2.45) is 11.7 Å². The van der Waals surface area contributed by atoms with Crippen molar-refractivity contribution in [1.29, 1.82) is 0 Å². The van der Waals surface area contributed by atoms with E-state index in [2.05, 4.69) is 12.2 Å². The number of amides is 1. The Bertz CT molecular complexity index is 413. The summed E-state index contributed by atoms with van der Waals surface area (Å²) in [4.78, 5) is 11.4. The molecule has 0 radical (unpaired) electrons. The summed E-state index contributed by atoms with van der Waals surface area (Å²) in [6.45, 7) is 2.06. The van der Waals surface area contributed by atoms with Crippen molar-refractivity contribution in [3.05, 3.63) is 30.1 Å². The second kappa shape index (κ2) is 3.77. The number of nitrogens with two attached hydrogens (primary N) is 1. The average Bonchev–Trinajstić information content (AvgIpc) is 2.14. The predicted molar refractivity (Wildman–Crippen MR) is 60.3 cm³/mol. The van der Waals surface area contributed by atoms with Gasteiger partial charge in [0, 0.05) is 5.69 Å². The second-order valence-electron chi connectivity index (χ2n) is 4.60. The molecule has 3 nitrogen and oxygen atoms in total. The highest BCUT2D eigenvalue weighted by Crippen LogP contribution is 2.39. The molecule has 2 rings (SSSR count). The fourth-order valence-corrected chi connectivity index (χ4v) is 2.34. The molecule has 3 N–H and O–H groups in total. The summed E-state index contributed by atoms with van der Waals surface area (Å²) in [6.07, 6.45) is 1.41. The Morgan fingerprint density at radius 1 is 1.56 bits per heavy atom. The van der Waals surface area contributed by atoms with E-state index in [1.54, 1.807) is 12.1 Å². The molecule has 0 aliphatic heterocycles. The molecule has 0 bridgehead atoms. The van der Waals surface area contributed by atoms with E-state index in [1.807, 2.05) is 0 Å². The van der Waals surface area contributed by atoms with Crippen LogP contribution in [-0.4, -0.2) is 11.4 Å². The van der Waals surface area contributed by atoms with Gasteiger partial charge in [-0.1, -0.05) is 13.0 Å². The smallest absolute Gasteiger partial charge is 0.243 e. The lowest BCUT2D eigenvalue weighted by atomic mass is 9.68. The number of hydrogen-bond acceptors (Lipinski definition) is 2. The van der Waals surface area contributed by atoms with Crippen LogP contribution in [0.1, 0.15) is 19.8 Å². The fourth-order valence-electron chi connectivity index (χ4n) is 2.34. The SMILES string of the molecule is CC1CC(Nc2cccc(F)c2)(C(N)=O)C1. The molecule has 86 valence electrons. The van der Waals surface area contributed by atoms with Gasteiger partial charge in [0.15, 0.2) is 0 Å². The van der Waals surface area contributed by atoms with E-state index in [1.165, 1.54) is 12.1 Å².